The van der Waals surface area contributed by atoms with Crippen molar-refractivity contribution >= 4 is 47.3 Å². The lowest BCUT2D eigenvalue weighted by Crippen LogP contribution is -2.61. The van der Waals surface area contributed by atoms with E-state index in [4.69, 9.17) is 14.2 Å². The number of nitrogens with one attached hydrogen (secondary N) is 4. The van der Waals surface area contributed by atoms with Crippen LogP contribution in [0.4, 0.5) is 0 Å². The van der Waals surface area contributed by atoms with Crippen LogP contribution in [0.3, 0.4) is 0 Å². The minimum absolute atomic E-state index is 0.0500. The van der Waals surface area contributed by atoms with E-state index in [0.29, 0.717) is 30.6 Å². The lowest BCUT2D eigenvalue weighted by molar-refractivity contribution is -0.163. The number of fused-ring (bicyclic) bond motifs is 1. The van der Waals surface area contributed by atoms with Crippen LogP contribution in [-0.2, 0) is 54.3 Å². The Bertz CT molecular complexity index is 1870. The Hall–Kier alpha value is -5.10. The van der Waals surface area contributed by atoms with E-state index in [2.05, 4.69) is 21.3 Å². The monoisotopic (exact) mass is 943 g/mol. The number of benzene rings is 1. The molecule has 5 amide bonds. The number of hydrogen-bond acceptors (Lipinski definition) is 13. The van der Waals surface area contributed by atoms with Crippen molar-refractivity contribution in [2.45, 2.75) is 169 Å². The van der Waals surface area contributed by atoms with Crippen LogP contribution in [0.5, 0.6) is 5.75 Å². The molecular weight excluding hydrogens is 865 g/mol. The Morgan fingerprint density at radius 3 is 2.10 bits per heavy atom. The fourth-order valence-corrected chi connectivity index (χ4v) is 8.55. The third-order valence-electron chi connectivity index (χ3n) is 12.9. The summed E-state index contributed by atoms with van der Waals surface area (Å²) in [4.78, 5) is 116. The zero-order chi connectivity index (χ0) is 50.4. The maximum Gasteiger partial charge on any atom is 0.329 e. The normalized spacial score (nSPS) is 27.8. The highest BCUT2D eigenvalue weighted by Crippen LogP contribution is 2.26. The number of nitrogens with zero attached hydrogens (tertiary/aromatic N) is 2. The number of ether oxygens (including phenoxy) is 3. The first-order valence-corrected chi connectivity index (χ1v) is 23.9. The van der Waals surface area contributed by atoms with Crippen molar-refractivity contribution in [2.24, 2.45) is 29.6 Å². The minimum Gasteiger partial charge on any atom is -0.497 e. The molecule has 5 N–H and O–H groups in total. The van der Waals surface area contributed by atoms with Gasteiger partial charge >= 0.3 is 11.9 Å². The average molecular weight is 943 g/mol. The Balaban J connectivity index is 2.23. The number of aliphatic hydroxyl groups is 1. The van der Waals surface area contributed by atoms with Crippen LogP contribution in [-0.4, -0.2) is 144 Å². The van der Waals surface area contributed by atoms with Gasteiger partial charge in [0, 0.05) is 20.0 Å². The molecule has 67 heavy (non-hydrogen) atoms. The second-order valence-corrected chi connectivity index (χ2v) is 19.5. The van der Waals surface area contributed by atoms with Crippen LogP contribution >= 0.6 is 0 Å². The van der Waals surface area contributed by atoms with Crippen LogP contribution in [0.2, 0.25) is 0 Å². The summed E-state index contributed by atoms with van der Waals surface area (Å²) in [6.07, 6.45) is -3.30. The first-order chi connectivity index (χ1) is 31.4. The van der Waals surface area contributed by atoms with Gasteiger partial charge < -0.3 is 50.4 Å². The van der Waals surface area contributed by atoms with E-state index in [-0.39, 0.29) is 37.6 Å². The highest BCUT2D eigenvalue weighted by atomic mass is 16.6. The highest BCUT2D eigenvalue weighted by Gasteiger charge is 2.44. The number of carbonyl (C=O) groups is 8. The molecule has 3 rings (SSSR count). The first kappa shape index (κ1) is 56.2. The fourth-order valence-electron chi connectivity index (χ4n) is 8.55. The van der Waals surface area contributed by atoms with E-state index in [0.717, 1.165) is 0 Å². The van der Waals surface area contributed by atoms with Crippen molar-refractivity contribution < 1.29 is 57.7 Å². The van der Waals surface area contributed by atoms with Crippen LogP contribution in [0, 0.1) is 29.6 Å². The lowest BCUT2D eigenvalue weighted by atomic mass is 9.91. The SMILES string of the molecule is CC[C@H](C)[C@H]1NC(=O)[C@@H](NC(=O)[C@@H](CC(C)C)NC)[C@@H](C)OC(=O)[C@H](Cc2ccc(OC)cc2)N(C)C(=O)[C@H]2CCCN2C(=O)[C@H](CC(C)C)NC(=O)[C@@H](C)C(=O)[C@H](C(C)C)OC(=O)C[C@@H]1O. The summed E-state index contributed by atoms with van der Waals surface area (Å²) in [6, 6.07) is 0.0322. The van der Waals surface area contributed by atoms with E-state index in [1.165, 1.54) is 37.8 Å². The van der Waals surface area contributed by atoms with Crippen LogP contribution in [0.25, 0.3) is 0 Å². The van der Waals surface area contributed by atoms with Gasteiger partial charge in [0.25, 0.3) is 0 Å². The smallest absolute Gasteiger partial charge is 0.329 e. The fraction of sp³-hybridized carbons (Fsp3) is 0.714. The largest absolute Gasteiger partial charge is 0.497 e. The van der Waals surface area contributed by atoms with Gasteiger partial charge in [-0.05, 0) is 87.9 Å². The van der Waals surface area contributed by atoms with E-state index < -0.39 is 126 Å². The molecule has 1 aromatic rings. The molecule has 18 heteroatoms. The van der Waals surface area contributed by atoms with Gasteiger partial charge in [-0.3, -0.25) is 33.6 Å². The molecule has 1 aromatic carbocycles. The Morgan fingerprint density at radius 2 is 1.55 bits per heavy atom. The lowest BCUT2D eigenvalue weighted by Gasteiger charge is -2.35. The molecule has 0 bridgehead atoms. The minimum atomic E-state index is -1.55. The van der Waals surface area contributed by atoms with Crippen LogP contribution < -0.4 is 26.0 Å². The molecule has 0 spiro atoms. The maximum atomic E-state index is 14.7. The van der Waals surface area contributed by atoms with Crippen molar-refractivity contribution in [3.63, 3.8) is 0 Å². The van der Waals surface area contributed by atoms with Crippen molar-refractivity contribution in [1.29, 1.82) is 0 Å². The number of hydrogen-bond donors (Lipinski definition) is 5. The van der Waals surface area contributed by atoms with E-state index in [9.17, 15) is 43.5 Å². The molecule has 0 unspecified atom stereocenters. The molecule has 18 nitrogen and oxygen atoms in total. The molecule has 2 heterocycles. The van der Waals surface area contributed by atoms with E-state index in [1.54, 1.807) is 52.1 Å². The standard InChI is InChI=1S/C49H78N6O12/c1-14-29(8)40-38(56)25-39(57)67-43(28(6)7)42(58)30(9)44(59)51-35(23-27(4)5)47(62)55-21-15-16-36(55)48(63)54(12)37(24-32-17-19-33(65-13)20-18-32)49(64)66-31(10)41(46(61)52-40)53-45(60)34(50-11)22-26(2)3/h17-20,26-31,34-38,40-41,43,50,56H,14-16,21-25H2,1-13H3,(H,51,59)(H,52,61)(H,53,60)/t29-,30-,31+,34+,35-,36+,37-,38-,40+,41-,43-/m0/s1. The molecule has 2 fully saturated rings. The zero-order valence-corrected chi connectivity index (χ0v) is 41.9. The number of methoxy groups -OCH3 is 1. The summed E-state index contributed by atoms with van der Waals surface area (Å²) in [7, 11) is 4.56. The van der Waals surface area contributed by atoms with E-state index >= 15 is 0 Å². The van der Waals surface area contributed by atoms with Gasteiger partial charge in [-0.15, -0.1) is 0 Å². The van der Waals surface area contributed by atoms with Gasteiger partial charge in [-0.25, -0.2) is 4.79 Å². The molecule has 0 radical (unpaired) electrons. The van der Waals surface area contributed by atoms with Gasteiger partial charge in [0.1, 0.15) is 36.0 Å². The molecular formula is C49H78N6O12. The summed E-state index contributed by atoms with van der Waals surface area (Å²) in [5, 5.41) is 22.9. The van der Waals surface area contributed by atoms with Crippen molar-refractivity contribution in [3.8, 4) is 5.75 Å². The Labute approximate surface area is 396 Å². The van der Waals surface area contributed by atoms with E-state index in [1.807, 2.05) is 34.6 Å². The molecule has 0 saturated carbocycles. The first-order valence-electron chi connectivity index (χ1n) is 23.9. The Morgan fingerprint density at radius 1 is 0.910 bits per heavy atom. The molecule has 2 aliphatic rings. The maximum absolute atomic E-state index is 14.7. The summed E-state index contributed by atoms with van der Waals surface area (Å²) < 4.78 is 17.1. The topological polar surface area (TPSA) is 239 Å². The predicted molar refractivity (Wildman–Crippen MR) is 250 cm³/mol. The van der Waals surface area contributed by atoms with Crippen LogP contribution in [0.15, 0.2) is 24.3 Å². The van der Waals surface area contributed by atoms with Gasteiger partial charge in [-0.2, -0.15) is 0 Å². The van der Waals surface area contributed by atoms with Crippen LogP contribution in [0.1, 0.15) is 113 Å². The molecule has 0 aliphatic carbocycles. The number of amides is 5. The summed E-state index contributed by atoms with van der Waals surface area (Å²) in [5.41, 5.74) is 0.631. The van der Waals surface area contributed by atoms with Gasteiger partial charge in [-0.1, -0.05) is 73.9 Å². The third kappa shape index (κ3) is 15.5. The third-order valence-corrected chi connectivity index (χ3v) is 12.9. The second-order valence-electron chi connectivity index (χ2n) is 19.5. The number of rotatable bonds is 13. The van der Waals surface area contributed by atoms with Crippen molar-refractivity contribution in [3.05, 3.63) is 29.8 Å². The van der Waals surface area contributed by atoms with Gasteiger partial charge in [0.2, 0.25) is 29.5 Å². The molecule has 0 aromatic heterocycles. The van der Waals surface area contributed by atoms with Gasteiger partial charge in [0.05, 0.1) is 37.6 Å². The number of esters is 2. The number of Topliss-reactive ketones (excluding diaryl/α,β-unsaturated/α-hetero) is 1. The molecule has 376 valence electrons. The number of likely N-dealkylation sites (N-methyl/N-ethyl adjacent to an activating group) is 2. The van der Waals surface area contributed by atoms with Gasteiger partial charge in [0.15, 0.2) is 11.9 Å². The predicted octanol–water partition coefficient (Wildman–Crippen LogP) is 2.71. The number of ketones is 1. The zero-order valence-electron chi connectivity index (χ0n) is 41.9. The van der Waals surface area contributed by atoms with Crippen molar-refractivity contribution in [1.82, 2.24) is 31.1 Å². The number of cyclic esters (lactones) is 2. The highest BCUT2D eigenvalue weighted by molar-refractivity contribution is 6.05. The molecule has 2 saturated heterocycles. The summed E-state index contributed by atoms with van der Waals surface area (Å²) in [6.45, 7) is 17.4. The van der Waals surface area contributed by atoms with Crippen molar-refractivity contribution in [2.75, 3.05) is 27.7 Å². The molecule has 11 atom stereocenters. The molecule has 2 aliphatic heterocycles. The Kier molecular flexibility index (Phi) is 21.7. The number of carbonyl (C=O) groups excluding carboxylic acids is 8. The quantitative estimate of drug-likeness (QED) is 0.142. The summed E-state index contributed by atoms with van der Waals surface area (Å²) in [5.74, 6) is -7.71. The second kappa shape index (κ2) is 25.9. The summed E-state index contributed by atoms with van der Waals surface area (Å²) >= 11 is 0. The average Bonchev–Trinajstić information content (AvgIpc) is 3.77. The number of aliphatic hydroxyl groups excluding tert-OH is 1.